The van der Waals surface area contributed by atoms with E-state index < -0.39 is 0 Å². The predicted molar refractivity (Wildman–Crippen MR) is 104 cm³/mol. The van der Waals surface area contributed by atoms with Crippen molar-refractivity contribution in [2.75, 3.05) is 0 Å². The van der Waals surface area contributed by atoms with Crippen molar-refractivity contribution in [3.63, 3.8) is 0 Å². The van der Waals surface area contributed by atoms with E-state index in [4.69, 9.17) is 9.15 Å². The molecule has 0 spiro atoms. The Labute approximate surface area is 157 Å². The second-order valence-electron chi connectivity index (χ2n) is 6.53. The summed E-state index contributed by atoms with van der Waals surface area (Å²) in [6.07, 6.45) is 0.804. The predicted octanol–water partition coefficient (Wildman–Crippen LogP) is 4.90. The maximum absolute atomic E-state index is 12.3. The van der Waals surface area contributed by atoms with Crippen molar-refractivity contribution >= 4 is 17.2 Å². The zero-order valence-corrected chi connectivity index (χ0v) is 16.1. The van der Waals surface area contributed by atoms with Crippen LogP contribution in [0.15, 0.2) is 51.6 Å². The number of thiophene rings is 1. The molecule has 5 heteroatoms. The molecule has 136 valence electrons. The average molecular weight is 369 g/mol. The van der Waals surface area contributed by atoms with E-state index in [1.54, 1.807) is 23.5 Å². The van der Waals surface area contributed by atoms with Gasteiger partial charge >= 0.3 is 0 Å². The Balaban J connectivity index is 1.54. The fourth-order valence-electron chi connectivity index (χ4n) is 2.80. The van der Waals surface area contributed by atoms with Crippen molar-refractivity contribution in [3.05, 3.63) is 75.4 Å². The molecule has 0 radical (unpaired) electrons. The van der Waals surface area contributed by atoms with Crippen LogP contribution < -0.4 is 10.1 Å². The van der Waals surface area contributed by atoms with E-state index in [9.17, 15) is 4.79 Å². The van der Waals surface area contributed by atoms with Crippen LogP contribution in [0.1, 0.15) is 39.9 Å². The normalized spacial score (nSPS) is 12.0. The number of aryl methyl sites for hydroxylation is 2. The monoisotopic (exact) mass is 369 g/mol. The van der Waals surface area contributed by atoms with Gasteiger partial charge in [0.1, 0.15) is 18.1 Å². The zero-order valence-electron chi connectivity index (χ0n) is 15.2. The van der Waals surface area contributed by atoms with Crippen LogP contribution in [0.3, 0.4) is 0 Å². The molecule has 0 fully saturated rings. The van der Waals surface area contributed by atoms with Crippen molar-refractivity contribution < 1.29 is 13.9 Å². The molecule has 1 atom stereocenters. The van der Waals surface area contributed by atoms with Gasteiger partial charge in [-0.3, -0.25) is 4.79 Å². The van der Waals surface area contributed by atoms with Crippen LogP contribution in [0, 0.1) is 13.8 Å². The number of carbonyl (C=O) groups is 1. The fourth-order valence-corrected chi connectivity index (χ4v) is 3.48. The molecule has 2 heterocycles. The van der Waals surface area contributed by atoms with Gasteiger partial charge in [-0.1, -0.05) is 17.7 Å². The van der Waals surface area contributed by atoms with Crippen LogP contribution in [0.2, 0.25) is 0 Å². The SMILES string of the molecule is Cc1ccc(OCc2ccc(C(=O)NC(C)Cc3ccsc3)o2)c(C)c1. The van der Waals surface area contributed by atoms with Gasteiger partial charge in [0, 0.05) is 6.04 Å². The third-order valence-electron chi connectivity index (χ3n) is 4.09. The first-order valence-corrected chi connectivity index (χ1v) is 9.56. The van der Waals surface area contributed by atoms with Gasteiger partial charge in [-0.05, 0) is 73.3 Å². The molecule has 3 rings (SSSR count). The molecular formula is C21H23NO3S. The Bertz CT molecular complexity index is 867. The third-order valence-corrected chi connectivity index (χ3v) is 4.82. The first-order chi connectivity index (χ1) is 12.5. The topological polar surface area (TPSA) is 51.5 Å². The summed E-state index contributed by atoms with van der Waals surface area (Å²) in [4.78, 5) is 12.3. The fraction of sp³-hybridized carbons (Fsp3) is 0.286. The van der Waals surface area contributed by atoms with E-state index in [0.29, 0.717) is 18.1 Å². The molecule has 26 heavy (non-hydrogen) atoms. The molecule has 1 aromatic carbocycles. The molecule has 1 unspecified atom stereocenters. The quantitative estimate of drug-likeness (QED) is 0.644. The van der Waals surface area contributed by atoms with Gasteiger partial charge in [-0.25, -0.2) is 0 Å². The summed E-state index contributed by atoms with van der Waals surface area (Å²) in [6, 6.07) is 11.6. The van der Waals surface area contributed by atoms with Crippen molar-refractivity contribution in [1.82, 2.24) is 5.32 Å². The summed E-state index contributed by atoms with van der Waals surface area (Å²) in [5.74, 6) is 1.55. The van der Waals surface area contributed by atoms with E-state index in [-0.39, 0.29) is 11.9 Å². The van der Waals surface area contributed by atoms with E-state index >= 15 is 0 Å². The highest BCUT2D eigenvalue weighted by Gasteiger charge is 2.15. The minimum Gasteiger partial charge on any atom is -0.485 e. The van der Waals surface area contributed by atoms with Crippen LogP contribution in [0.25, 0.3) is 0 Å². The maximum atomic E-state index is 12.3. The molecular weight excluding hydrogens is 346 g/mol. The molecule has 4 nitrogen and oxygen atoms in total. The first kappa shape index (κ1) is 18.3. The van der Waals surface area contributed by atoms with Gasteiger partial charge < -0.3 is 14.5 Å². The van der Waals surface area contributed by atoms with Gasteiger partial charge in [0.25, 0.3) is 5.91 Å². The Morgan fingerprint density at radius 3 is 2.81 bits per heavy atom. The molecule has 1 N–H and O–H groups in total. The molecule has 0 bridgehead atoms. The number of carbonyl (C=O) groups excluding carboxylic acids is 1. The molecule has 0 aliphatic heterocycles. The molecule has 0 saturated carbocycles. The number of nitrogens with one attached hydrogen (secondary N) is 1. The minimum absolute atomic E-state index is 0.0390. The van der Waals surface area contributed by atoms with Crippen LogP contribution >= 0.6 is 11.3 Å². The summed E-state index contributed by atoms with van der Waals surface area (Å²) in [6.45, 7) is 6.34. The lowest BCUT2D eigenvalue weighted by Crippen LogP contribution is -2.33. The number of furan rings is 1. The summed E-state index contributed by atoms with van der Waals surface area (Å²) in [5.41, 5.74) is 3.50. The number of rotatable bonds is 7. The van der Waals surface area contributed by atoms with Gasteiger partial charge in [0.05, 0.1) is 0 Å². The van der Waals surface area contributed by atoms with Crippen LogP contribution in [-0.4, -0.2) is 11.9 Å². The summed E-state index contributed by atoms with van der Waals surface area (Å²) in [5, 5.41) is 7.10. The lowest BCUT2D eigenvalue weighted by Gasteiger charge is -2.12. The van der Waals surface area contributed by atoms with Crippen molar-refractivity contribution in [2.24, 2.45) is 0 Å². The lowest BCUT2D eigenvalue weighted by atomic mass is 10.1. The molecule has 0 aliphatic carbocycles. The van der Waals surface area contributed by atoms with E-state index in [2.05, 4.69) is 22.8 Å². The highest BCUT2D eigenvalue weighted by molar-refractivity contribution is 7.07. The molecule has 0 saturated heterocycles. The molecule has 2 aromatic heterocycles. The van der Waals surface area contributed by atoms with Crippen molar-refractivity contribution in [1.29, 1.82) is 0 Å². The van der Waals surface area contributed by atoms with Crippen LogP contribution in [-0.2, 0) is 13.0 Å². The van der Waals surface area contributed by atoms with Crippen molar-refractivity contribution in [2.45, 2.75) is 39.8 Å². The molecule has 1 amide bonds. The van der Waals surface area contributed by atoms with Crippen LogP contribution in [0.5, 0.6) is 5.75 Å². The number of amides is 1. The van der Waals surface area contributed by atoms with E-state index in [1.807, 2.05) is 38.3 Å². The van der Waals surface area contributed by atoms with Gasteiger partial charge in [0.2, 0.25) is 0 Å². The highest BCUT2D eigenvalue weighted by Crippen LogP contribution is 2.20. The smallest absolute Gasteiger partial charge is 0.287 e. The third kappa shape index (κ3) is 4.76. The minimum atomic E-state index is -0.203. The van der Waals surface area contributed by atoms with E-state index in [1.165, 1.54) is 11.1 Å². The second kappa shape index (κ2) is 8.23. The standard InChI is InChI=1S/C21H23NO3S/c1-14-4-6-19(15(2)10-14)24-12-18-5-7-20(25-18)21(23)22-16(3)11-17-8-9-26-13-17/h4-10,13,16H,11-12H2,1-3H3,(H,22,23). The molecule has 3 aromatic rings. The summed E-state index contributed by atoms with van der Waals surface area (Å²) >= 11 is 1.66. The Kier molecular flexibility index (Phi) is 5.78. The number of hydrogen-bond acceptors (Lipinski definition) is 4. The molecule has 0 aliphatic rings. The largest absolute Gasteiger partial charge is 0.485 e. The lowest BCUT2D eigenvalue weighted by molar-refractivity contribution is 0.0908. The average Bonchev–Trinajstić information content (AvgIpc) is 3.25. The van der Waals surface area contributed by atoms with Gasteiger partial charge in [-0.2, -0.15) is 11.3 Å². The highest BCUT2D eigenvalue weighted by atomic mass is 32.1. The first-order valence-electron chi connectivity index (χ1n) is 8.62. The van der Waals surface area contributed by atoms with Crippen molar-refractivity contribution in [3.8, 4) is 5.75 Å². The van der Waals surface area contributed by atoms with Gasteiger partial charge in [0.15, 0.2) is 5.76 Å². The van der Waals surface area contributed by atoms with Crippen LogP contribution in [0.4, 0.5) is 0 Å². The second-order valence-corrected chi connectivity index (χ2v) is 7.31. The number of benzene rings is 1. The number of ether oxygens (including phenoxy) is 1. The summed E-state index contributed by atoms with van der Waals surface area (Å²) in [7, 11) is 0. The Morgan fingerprint density at radius 1 is 1.23 bits per heavy atom. The zero-order chi connectivity index (χ0) is 18.5. The summed E-state index contributed by atoms with van der Waals surface area (Å²) < 4.78 is 11.4. The number of hydrogen-bond donors (Lipinski definition) is 1. The Hall–Kier alpha value is -2.53. The Morgan fingerprint density at radius 2 is 2.08 bits per heavy atom. The van der Waals surface area contributed by atoms with E-state index in [0.717, 1.165) is 17.7 Å². The van der Waals surface area contributed by atoms with Gasteiger partial charge in [-0.15, -0.1) is 0 Å². The maximum Gasteiger partial charge on any atom is 0.287 e.